The lowest BCUT2D eigenvalue weighted by Crippen LogP contribution is -2.28. The van der Waals surface area contributed by atoms with Crippen molar-refractivity contribution in [1.82, 2.24) is 15.5 Å². The fourth-order valence-corrected chi connectivity index (χ4v) is 2.72. The normalized spacial score (nSPS) is 19.2. The molecular weight excluding hydrogens is 266 g/mol. The third kappa shape index (κ3) is 2.99. The van der Waals surface area contributed by atoms with E-state index in [4.69, 9.17) is 9.26 Å². The first kappa shape index (κ1) is 14.2. The van der Waals surface area contributed by atoms with Crippen LogP contribution in [0.15, 0.2) is 28.8 Å². The summed E-state index contributed by atoms with van der Waals surface area (Å²) in [6.45, 7) is 5.52. The Morgan fingerprint density at radius 3 is 2.90 bits per heavy atom. The van der Waals surface area contributed by atoms with Gasteiger partial charge in [0.05, 0.1) is 6.04 Å². The average molecular weight is 287 g/mol. The Morgan fingerprint density at radius 2 is 2.14 bits per heavy atom. The number of aromatic nitrogens is 2. The summed E-state index contributed by atoms with van der Waals surface area (Å²) in [4.78, 5) is 4.53. The van der Waals surface area contributed by atoms with E-state index in [9.17, 15) is 0 Å². The van der Waals surface area contributed by atoms with E-state index < -0.39 is 0 Å². The van der Waals surface area contributed by atoms with Crippen molar-refractivity contribution in [3.05, 3.63) is 47.1 Å². The SMILES string of the molecule is CCOC(CC)c1noc([C@@H]2Cc3ccccc3CN2)n1. The van der Waals surface area contributed by atoms with Gasteiger partial charge in [-0.25, -0.2) is 0 Å². The number of hydrogen-bond donors (Lipinski definition) is 1. The fraction of sp³-hybridized carbons (Fsp3) is 0.500. The molecule has 0 radical (unpaired) electrons. The molecule has 1 aromatic heterocycles. The van der Waals surface area contributed by atoms with Gasteiger partial charge in [-0.1, -0.05) is 36.3 Å². The van der Waals surface area contributed by atoms with Crippen molar-refractivity contribution in [3.63, 3.8) is 0 Å². The molecule has 5 nitrogen and oxygen atoms in total. The smallest absolute Gasteiger partial charge is 0.244 e. The molecule has 0 saturated heterocycles. The summed E-state index contributed by atoms with van der Waals surface area (Å²) in [6, 6.07) is 8.54. The van der Waals surface area contributed by atoms with Gasteiger partial charge >= 0.3 is 0 Å². The van der Waals surface area contributed by atoms with Crippen LogP contribution in [0.25, 0.3) is 0 Å². The van der Waals surface area contributed by atoms with Crippen LogP contribution in [0.1, 0.15) is 55.3 Å². The number of rotatable bonds is 5. The van der Waals surface area contributed by atoms with Crippen molar-refractivity contribution < 1.29 is 9.26 Å². The summed E-state index contributed by atoms with van der Waals surface area (Å²) in [6.07, 6.45) is 1.64. The van der Waals surface area contributed by atoms with Crippen LogP contribution in [0.5, 0.6) is 0 Å². The Balaban J connectivity index is 1.75. The second kappa shape index (κ2) is 6.37. The summed E-state index contributed by atoms with van der Waals surface area (Å²) in [5.41, 5.74) is 2.69. The molecule has 2 heterocycles. The summed E-state index contributed by atoms with van der Waals surface area (Å²) in [5.74, 6) is 1.30. The summed E-state index contributed by atoms with van der Waals surface area (Å²) >= 11 is 0. The van der Waals surface area contributed by atoms with Crippen molar-refractivity contribution in [2.45, 2.75) is 45.4 Å². The topological polar surface area (TPSA) is 60.2 Å². The van der Waals surface area contributed by atoms with E-state index in [2.05, 4.69) is 46.6 Å². The van der Waals surface area contributed by atoms with Crippen LogP contribution < -0.4 is 5.32 Å². The number of ether oxygens (including phenoxy) is 1. The first-order valence-corrected chi connectivity index (χ1v) is 7.57. The Morgan fingerprint density at radius 1 is 1.33 bits per heavy atom. The molecule has 21 heavy (non-hydrogen) atoms. The maximum Gasteiger partial charge on any atom is 0.244 e. The van der Waals surface area contributed by atoms with Crippen molar-refractivity contribution in [2.75, 3.05) is 6.61 Å². The lowest BCUT2D eigenvalue weighted by molar-refractivity contribution is 0.0518. The fourth-order valence-electron chi connectivity index (χ4n) is 2.72. The summed E-state index contributed by atoms with van der Waals surface area (Å²) < 4.78 is 11.1. The van der Waals surface area contributed by atoms with Gasteiger partial charge in [0.15, 0.2) is 0 Å². The van der Waals surface area contributed by atoms with Crippen LogP contribution in [-0.2, 0) is 17.7 Å². The number of hydrogen-bond acceptors (Lipinski definition) is 5. The molecule has 1 aliphatic rings. The van der Waals surface area contributed by atoms with Gasteiger partial charge in [-0.05, 0) is 30.9 Å². The molecular formula is C16H21N3O2. The molecule has 3 rings (SSSR count). The zero-order valence-electron chi connectivity index (χ0n) is 12.5. The van der Waals surface area contributed by atoms with Gasteiger partial charge in [0.1, 0.15) is 6.10 Å². The quantitative estimate of drug-likeness (QED) is 0.916. The highest BCUT2D eigenvalue weighted by Gasteiger charge is 2.25. The first-order valence-electron chi connectivity index (χ1n) is 7.57. The minimum absolute atomic E-state index is 0.0802. The van der Waals surface area contributed by atoms with E-state index in [1.807, 2.05) is 6.92 Å². The van der Waals surface area contributed by atoms with Crippen LogP contribution >= 0.6 is 0 Å². The van der Waals surface area contributed by atoms with Gasteiger partial charge in [-0.2, -0.15) is 4.98 Å². The van der Waals surface area contributed by atoms with Crippen LogP contribution in [0.2, 0.25) is 0 Å². The second-order valence-electron chi connectivity index (χ2n) is 5.25. The lowest BCUT2D eigenvalue weighted by Gasteiger charge is -2.23. The molecule has 0 amide bonds. The summed E-state index contributed by atoms with van der Waals surface area (Å²) in [5, 5.41) is 7.54. The molecule has 0 aliphatic carbocycles. The Hall–Kier alpha value is -1.72. The standard InChI is InChI=1S/C16H21N3O2/c1-3-14(20-4-2)15-18-16(21-19-15)13-9-11-7-5-6-8-12(11)10-17-13/h5-8,13-14,17H,3-4,9-10H2,1-2H3/t13-,14?/m0/s1. The van der Waals surface area contributed by atoms with Gasteiger partial charge in [-0.3, -0.25) is 0 Å². The molecule has 2 aromatic rings. The first-order chi connectivity index (χ1) is 10.3. The Labute approximate surface area is 124 Å². The van der Waals surface area contributed by atoms with Crippen molar-refractivity contribution in [2.24, 2.45) is 0 Å². The van der Waals surface area contributed by atoms with Crippen molar-refractivity contribution in [1.29, 1.82) is 0 Å². The third-order valence-electron chi connectivity index (χ3n) is 3.86. The highest BCUT2D eigenvalue weighted by atomic mass is 16.5. The van der Waals surface area contributed by atoms with Gasteiger partial charge in [-0.15, -0.1) is 0 Å². The largest absolute Gasteiger partial charge is 0.370 e. The van der Waals surface area contributed by atoms with Gasteiger partial charge in [0, 0.05) is 13.2 Å². The number of fused-ring (bicyclic) bond motifs is 1. The maximum absolute atomic E-state index is 5.63. The third-order valence-corrected chi connectivity index (χ3v) is 3.86. The van der Waals surface area contributed by atoms with Crippen molar-refractivity contribution >= 4 is 0 Å². The maximum atomic E-state index is 5.63. The minimum Gasteiger partial charge on any atom is -0.370 e. The van der Waals surface area contributed by atoms with E-state index in [0.29, 0.717) is 18.3 Å². The number of nitrogens with zero attached hydrogens (tertiary/aromatic N) is 2. The molecule has 0 saturated carbocycles. The van der Waals surface area contributed by atoms with Crippen LogP contribution in [0, 0.1) is 0 Å². The van der Waals surface area contributed by atoms with Crippen LogP contribution in [0.4, 0.5) is 0 Å². The van der Waals surface area contributed by atoms with E-state index >= 15 is 0 Å². The van der Waals surface area contributed by atoms with Gasteiger partial charge in [0.25, 0.3) is 0 Å². The second-order valence-corrected chi connectivity index (χ2v) is 5.25. The van der Waals surface area contributed by atoms with Gasteiger partial charge < -0.3 is 14.6 Å². The minimum atomic E-state index is -0.0802. The van der Waals surface area contributed by atoms with E-state index in [0.717, 1.165) is 19.4 Å². The number of nitrogens with one attached hydrogen (secondary N) is 1. The lowest BCUT2D eigenvalue weighted by atomic mass is 9.96. The molecule has 1 aliphatic heterocycles. The molecule has 0 bridgehead atoms. The van der Waals surface area contributed by atoms with Gasteiger partial charge in [0.2, 0.25) is 11.7 Å². The Kier molecular flexibility index (Phi) is 4.31. The Bertz CT molecular complexity index is 597. The highest BCUT2D eigenvalue weighted by molar-refractivity contribution is 5.30. The van der Waals surface area contributed by atoms with E-state index in [1.165, 1.54) is 11.1 Å². The van der Waals surface area contributed by atoms with E-state index in [-0.39, 0.29) is 12.1 Å². The summed E-state index contributed by atoms with van der Waals surface area (Å²) in [7, 11) is 0. The van der Waals surface area contributed by atoms with E-state index in [1.54, 1.807) is 0 Å². The predicted octanol–water partition coefficient (Wildman–Crippen LogP) is 2.94. The van der Waals surface area contributed by atoms with Crippen molar-refractivity contribution in [3.8, 4) is 0 Å². The molecule has 0 spiro atoms. The van der Waals surface area contributed by atoms with Crippen LogP contribution in [-0.4, -0.2) is 16.7 Å². The zero-order chi connectivity index (χ0) is 14.7. The number of benzene rings is 1. The molecule has 1 unspecified atom stereocenters. The average Bonchev–Trinajstić information content (AvgIpc) is 3.02. The monoisotopic (exact) mass is 287 g/mol. The molecule has 5 heteroatoms. The molecule has 1 aromatic carbocycles. The molecule has 112 valence electrons. The van der Waals surface area contributed by atoms with Crippen LogP contribution in [0.3, 0.4) is 0 Å². The zero-order valence-corrected chi connectivity index (χ0v) is 12.5. The highest BCUT2D eigenvalue weighted by Crippen LogP contribution is 2.26. The predicted molar refractivity (Wildman–Crippen MR) is 78.7 cm³/mol. The molecule has 0 fully saturated rings. The molecule has 2 atom stereocenters. The molecule has 1 N–H and O–H groups in total.